The number of nitrogens with zero attached hydrogens (tertiary/aromatic N) is 2. The van der Waals surface area contributed by atoms with E-state index in [1.807, 2.05) is 6.20 Å². The van der Waals surface area contributed by atoms with E-state index in [2.05, 4.69) is 92.2 Å². The molecule has 3 heteroatoms. The van der Waals surface area contributed by atoms with Gasteiger partial charge in [-0.2, -0.15) is 0 Å². The summed E-state index contributed by atoms with van der Waals surface area (Å²) in [5.74, 6) is 2.16. The Morgan fingerprint density at radius 3 is 2.50 bits per heavy atom. The van der Waals surface area contributed by atoms with E-state index in [0.29, 0.717) is 11.8 Å². The van der Waals surface area contributed by atoms with Gasteiger partial charge in [-0.15, -0.1) is 0 Å². The van der Waals surface area contributed by atoms with Crippen LogP contribution in [0.5, 0.6) is 0 Å². The maximum atomic E-state index is 4.69. The number of aromatic nitrogens is 2. The molecule has 0 aliphatic carbocycles. The van der Waals surface area contributed by atoms with Gasteiger partial charge in [-0.25, -0.2) is 4.98 Å². The van der Waals surface area contributed by atoms with Crippen LogP contribution in [0.1, 0.15) is 50.7 Å². The minimum Gasteiger partial charge on any atom is -0.342 e. The molecule has 0 radical (unpaired) electrons. The summed E-state index contributed by atoms with van der Waals surface area (Å²) in [6.45, 7) is 11.1. The monoisotopic (exact) mass is 375 g/mol. The number of hydrogen-bond donors (Lipinski definition) is 1. The molecule has 0 aliphatic rings. The highest BCUT2D eigenvalue weighted by molar-refractivity contribution is 5.61. The first-order valence-corrected chi connectivity index (χ1v) is 10.5. The lowest BCUT2D eigenvalue weighted by atomic mass is 9.87. The molecule has 3 rings (SSSR count). The summed E-state index contributed by atoms with van der Waals surface area (Å²) >= 11 is 0. The van der Waals surface area contributed by atoms with E-state index in [4.69, 9.17) is 4.98 Å². The van der Waals surface area contributed by atoms with Crippen molar-refractivity contribution >= 4 is 5.95 Å². The van der Waals surface area contributed by atoms with Crippen LogP contribution in [0.15, 0.2) is 60.8 Å². The van der Waals surface area contributed by atoms with Crippen LogP contribution in [-0.4, -0.2) is 23.1 Å². The fourth-order valence-electron chi connectivity index (χ4n) is 3.72. The SMILES string of the molecule is CCCN(CCC(C)C(C)c1ccccc1)c1ncc(-c2cccc(C)c2)[nH]1. The molecule has 0 aliphatic heterocycles. The number of H-pyrrole nitrogens is 1. The maximum Gasteiger partial charge on any atom is 0.203 e. The van der Waals surface area contributed by atoms with E-state index in [9.17, 15) is 0 Å². The summed E-state index contributed by atoms with van der Waals surface area (Å²) in [7, 11) is 0. The topological polar surface area (TPSA) is 31.9 Å². The third-order valence-corrected chi connectivity index (χ3v) is 5.72. The molecule has 0 saturated carbocycles. The van der Waals surface area contributed by atoms with E-state index < -0.39 is 0 Å². The van der Waals surface area contributed by atoms with Crippen LogP contribution in [0.3, 0.4) is 0 Å². The van der Waals surface area contributed by atoms with Gasteiger partial charge < -0.3 is 9.88 Å². The number of imidazole rings is 1. The molecule has 2 unspecified atom stereocenters. The van der Waals surface area contributed by atoms with Gasteiger partial charge in [0.25, 0.3) is 0 Å². The Balaban J connectivity index is 1.67. The van der Waals surface area contributed by atoms with E-state index in [-0.39, 0.29) is 0 Å². The predicted molar refractivity (Wildman–Crippen MR) is 120 cm³/mol. The predicted octanol–water partition coefficient (Wildman–Crippen LogP) is 6.43. The minimum atomic E-state index is 0.559. The molecule has 0 fully saturated rings. The van der Waals surface area contributed by atoms with Crippen molar-refractivity contribution in [2.75, 3.05) is 18.0 Å². The second-order valence-corrected chi connectivity index (χ2v) is 7.94. The molecule has 1 heterocycles. The van der Waals surface area contributed by atoms with Gasteiger partial charge in [0.05, 0.1) is 11.9 Å². The Morgan fingerprint density at radius 2 is 1.79 bits per heavy atom. The first kappa shape index (κ1) is 20.2. The average Bonchev–Trinajstić information content (AvgIpc) is 3.21. The van der Waals surface area contributed by atoms with Crippen molar-refractivity contribution < 1.29 is 0 Å². The average molecular weight is 376 g/mol. The van der Waals surface area contributed by atoms with Crippen molar-refractivity contribution in [2.45, 2.75) is 46.5 Å². The summed E-state index contributed by atoms with van der Waals surface area (Å²) in [5.41, 5.74) is 4.98. The summed E-state index contributed by atoms with van der Waals surface area (Å²) in [6.07, 6.45) is 4.22. The molecule has 28 heavy (non-hydrogen) atoms. The van der Waals surface area contributed by atoms with Crippen LogP contribution in [0, 0.1) is 12.8 Å². The van der Waals surface area contributed by atoms with Crippen molar-refractivity contribution in [3.8, 4) is 11.3 Å². The largest absolute Gasteiger partial charge is 0.342 e. The molecule has 0 amide bonds. The Labute approximate surface area is 169 Å². The first-order valence-electron chi connectivity index (χ1n) is 10.5. The molecule has 0 bridgehead atoms. The highest BCUT2D eigenvalue weighted by Gasteiger charge is 2.17. The number of rotatable bonds is 9. The van der Waals surface area contributed by atoms with Crippen LogP contribution in [-0.2, 0) is 0 Å². The van der Waals surface area contributed by atoms with Crippen molar-refractivity contribution in [3.05, 3.63) is 71.9 Å². The van der Waals surface area contributed by atoms with E-state index in [1.54, 1.807) is 0 Å². The summed E-state index contributed by atoms with van der Waals surface area (Å²) in [6, 6.07) is 19.4. The van der Waals surface area contributed by atoms with Crippen molar-refractivity contribution in [1.82, 2.24) is 9.97 Å². The van der Waals surface area contributed by atoms with Crippen molar-refractivity contribution in [1.29, 1.82) is 0 Å². The van der Waals surface area contributed by atoms with E-state index >= 15 is 0 Å². The van der Waals surface area contributed by atoms with Gasteiger partial charge in [-0.05, 0) is 48.8 Å². The quantitative estimate of drug-likeness (QED) is 0.467. The summed E-state index contributed by atoms with van der Waals surface area (Å²) in [5, 5.41) is 0. The van der Waals surface area contributed by atoms with Gasteiger partial charge in [-0.3, -0.25) is 0 Å². The van der Waals surface area contributed by atoms with Gasteiger partial charge >= 0.3 is 0 Å². The standard InChI is InChI=1S/C25H33N3/c1-5-15-28(16-14-20(3)21(4)22-11-7-6-8-12-22)25-26-18-24(27-25)23-13-9-10-19(2)17-23/h6-13,17-18,20-21H,5,14-16H2,1-4H3,(H,26,27). The third kappa shape index (κ3) is 5.03. The second-order valence-electron chi connectivity index (χ2n) is 7.94. The van der Waals surface area contributed by atoms with Gasteiger partial charge in [0, 0.05) is 13.1 Å². The lowest BCUT2D eigenvalue weighted by Crippen LogP contribution is -2.28. The number of benzene rings is 2. The number of nitrogens with one attached hydrogen (secondary N) is 1. The van der Waals surface area contributed by atoms with Crippen LogP contribution >= 0.6 is 0 Å². The molecule has 2 atom stereocenters. The minimum absolute atomic E-state index is 0.559. The molecular weight excluding hydrogens is 342 g/mol. The first-order chi connectivity index (χ1) is 13.6. The Bertz CT molecular complexity index is 853. The normalized spacial score (nSPS) is 13.3. The van der Waals surface area contributed by atoms with Crippen LogP contribution < -0.4 is 4.90 Å². The Morgan fingerprint density at radius 1 is 1.00 bits per heavy atom. The van der Waals surface area contributed by atoms with Crippen molar-refractivity contribution in [3.63, 3.8) is 0 Å². The lowest BCUT2D eigenvalue weighted by molar-refractivity contribution is 0.450. The smallest absolute Gasteiger partial charge is 0.203 e. The Kier molecular flexibility index (Phi) is 6.91. The van der Waals surface area contributed by atoms with E-state index in [1.165, 1.54) is 16.7 Å². The molecule has 3 aromatic rings. The zero-order chi connectivity index (χ0) is 19.9. The molecular formula is C25H33N3. The van der Waals surface area contributed by atoms with E-state index in [0.717, 1.165) is 37.6 Å². The molecule has 2 aromatic carbocycles. The number of hydrogen-bond acceptors (Lipinski definition) is 2. The van der Waals surface area contributed by atoms with Gasteiger partial charge in [0.1, 0.15) is 0 Å². The lowest BCUT2D eigenvalue weighted by Gasteiger charge is -2.26. The molecule has 0 spiro atoms. The Hall–Kier alpha value is -2.55. The highest BCUT2D eigenvalue weighted by Crippen LogP contribution is 2.27. The fraction of sp³-hybridized carbons (Fsp3) is 0.400. The van der Waals surface area contributed by atoms with Crippen molar-refractivity contribution in [2.24, 2.45) is 5.92 Å². The fourth-order valence-corrected chi connectivity index (χ4v) is 3.72. The highest BCUT2D eigenvalue weighted by atomic mass is 15.3. The van der Waals surface area contributed by atoms with Crippen LogP contribution in [0.4, 0.5) is 5.95 Å². The zero-order valence-corrected chi connectivity index (χ0v) is 17.7. The second kappa shape index (κ2) is 9.59. The molecule has 148 valence electrons. The number of aromatic amines is 1. The van der Waals surface area contributed by atoms with Crippen LogP contribution in [0.25, 0.3) is 11.3 Å². The molecule has 0 saturated heterocycles. The summed E-state index contributed by atoms with van der Waals surface area (Å²) < 4.78 is 0. The van der Waals surface area contributed by atoms with Gasteiger partial charge in [-0.1, -0.05) is 74.9 Å². The molecule has 1 aromatic heterocycles. The number of anilines is 1. The summed E-state index contributed by atoms with van der Waals surface area (Å²) in [4.78, 5) is 10.6. The number of aryl methyl sites for hydroxylation is 1. The zero-order valence-electron chi connectivity index (χ0n) is 17.7. The maximum absolute atomic E-state index is 4.69. The van der Waals surface area contributed by atoms with Crippen LogP contribution in [0.2, 0.25) is 0 Å². The van der Waals surface area contributed by atoms with Gasteiger partial charge in [0.15, 0.2) is 0 Å². The van der Waals surface area contributed by atoms with Gasteiger partial charge in [0.2, 0.25) is 5.95 Å². The molecule has 1 N–H and O–H groups in total. The third-order valence-electron chi connectivity index (χ3n) is 5.72. The molecule has 3 nitrogen and oxygen atoms in total.